The standard InChI is InChI=1S/C35H38FN5O3S2/c1-21(2)41-25-15-23(38-41)18-45-19-24(40(4)37)16-30-31(36)12-11-29-28(34(35(42)43)39(3)33(29)30)10-7-13-44-32-17-26(46-20-25)14-22-8-5-6-9-27(22)32/h5-6,8-9,11-12,14-17,21H,7,10,13,18-20,37H2,1-4H3,(H,42,43)/b24-16+. The van der Waals surface area contributed by atoms with Gasteiger partial charge in [-0.2, -0.15) is 5.10 Å². The van der Waals surface area contributed by atoms with Crippen molar-refractivity contribution in [3.8, 4) is 5.75 Å². The molecule has 0 spiro atoms. The van der Waals surface area contributed by atoms with E-state index in [0.717, 1.165) is 38.6 Å². The lowest BCUT2D eigenvalue weighted by molar-refractivity contribution is 0.0685. The van der Waals surface area contributed by atoms with Crippen LogP contribution in [0.25, 0.3) is 27.8 Å². The van der Waals surface area contributed by atoms with Gasteiger partial charge in [-0.25, -0.2) is 15.0 Å². The molecule has 1 aliphatic rings. The fourth-order valence-corrected chi connectivity index (χ4v) is 8.00. The Hall–Kier alpha value is -3.93. The molecule has 2 aromatic heterocycles. The Balaban J connectivity index is 1.46. The third-order valence-electron chi connectivity index (χ3n) is 8.28. The molecule has 240 valence electrons. The molecule has 0 fully saturated rings. The van der Waals surface area contributed by atoms with Gasteiger partial charge < -0.3 is 19.4 Å². The SMILES string of the molecule is CC(C)n1nc2cc1CSc1cc(c3ccccc3c1)OCCCc1c(C(=O)O)n(C)c3c(c(F)ccc13)/C=C(/N(C)N)CSC2. The number of nitrogens with two attached hydrogens (primary N) is 1. The molecule has 3 N–H and O–H groups in total. The van der Waals surface area contributed by atoms with Crippen LogP contribution in [0.5, 0.6) is 5.75 Å². The van der Waals surface area contributed by atoms with Gasteiger partial charge >= 0.3 is 5.97 Å². The van der Waals surface area contributed by atoms with Gasteiger partial charge in [0, 0.05) is 70.0 Å². The number of benzene rings is 3. The molecule has 0 atom stereocenters. The van der Waals surface area contributed by atoms with E-state index in [4.69, 9.17) is 15.7 Å². The first-order valence-corrected chi connectivity index (χ1v) is 17.4. The molecule has 0 saturated carbocycles. The van der Waals surface area contributed by atoms with Gasteiger partial charge in [0.1, 0.15) is 17.3 Å². The molecule has 3 heterocycles. The minimum Gasteiger partial charge on any atom is -0.493 e. The lowest BCUT2D eigenvalue weighted by Crippen LogP contribution is -2.26. The number of hydrazine groups is 1. The van der Waals surface area contributed by atoms with Gasteiger partial charge in [0.15, 0.2) is 0 Å². The van der Waals surface area contributed by atoms with E-state index in [1.54, 1.807) is 54.3 Å². The van der Waals surface area contributed by atoms with Crippen molar-refractivity contribution in [1.29, 1.82) is 0 Å². The molecule has 0 unspecified atom stereocenters. The van der Waals surface area contributed by atoms with Crippen molar-refractivity contribution in [2.24, 2.45) is 12.9 Å². The number of thioether (sulfide) groups is 2. The lowest BCUT2D eigenvalue weighted by Gasteiger charge is -2.17. The predicted molar refractivity (Wildman–Crippen MR) is 186 cm³/mol. The Labute approximate surface area is 276 Å². The summed E-state index contributed by atoms with van der Waals surface area (Å²) in [4.78, 5) is 13.6. The topological polar surface area (TPSA) is 98.5 Å². The molecule has 8 bridgehead atoms. The van der Waals surface area contributed by atoms with Gasteiger partial charge in [0.2, 0.25) is 0 Å². The monoisotopic (exact) mass is 659 g/mol. The summed E-state index contributed by atoms with van der Waals surface area (Å²) in [7, 11) is 3.41. The van der Waals surface area contributed by atoms with Crippen LogP contribution in [-0.2, 0) is 25.0 Å². The van der Waals surface area contributed by atoms with E-state index < -0.39 is 11.8 Å². The zero-order chi connectivity index (χ0) is 32.5. The fourth-order valence-electron chi connectivity index (χ4n) is 6.12. The number of aromatic nitrogens is 3. The van der Waals surface area contributed by atoms with Gasteiger partial charge in [-0.05, 0) is 74.0 Å². The number of rotatable bonds is 3. The van der Waals surface area contributed by atoms with E-state index in [2.05, 4.69) is 48.9 Å². The summed E-state index contributed by atoms with van der Waals surface area (Å²) in [5, 5.41) is 19.5. The van der Waals surface area contributed by atoms with Crippen LogP contribution in [0.4, 0.5) is 4.39 Å². The number of aryl methyl sites for hydroxylation is 2. The second-order valence-electron chi connectivity index (χ2n) is 11.8. The summed E-state index contributed by atoms with van der Waals surface area (Å²) < 4.78 is 25.6. The van der Waals surface area contributed by atoms with Crippen LogP contribution >= 0.6 is 23.5 Å². The smallest absolute Gasteiger partial charge is 0.352 e. The second kappa shape index (κ2) is 13.4. The average molecular weight is 660 g/mol. The van der Waals surface area contributed by atoms with E-state index in [1.807, 2.05) is 12.1 Å². The normalized spacial score (nSPS) is 15.8. The van der Waals surface area contributed by atoms with Crippen LogP contribution in [0.2, 0.25) is 0 Å². The summed E-state index contributed by atoms with van der Waals surface area (Å²) in [6, 6.07) is 17.9. The van der Waals surface area contributed by atoms with Crippen molar-refractivity contribution in [3.63, 3.8) is 0 Å². The van der Waals surface area contributed by atoms with E-state index in [-0.39, 0.29) is 11.7 Å². The quantitative estimate of drug-likeness (QED) is 0.151. The van der Waals surface area contributed by atoms with Crippen LogP contribution in [0.3, 0.4) is 0 Å². The summed E-state index contributed by atoms with van der Waals surface area (Å²) in [6.45, 7) is 4.66. The molecular weight excluding hydrogens is 622 g/mol. The highest BCUT2D eigenvalue weighted by atomic mass is 32.2. The summed E-state index contributed by atoms with van der Waals surface area (Å²) in [6.07, 6.45) is 2.77. The van der Waals surface area contributed by atoms with Gasteiger partial charge in [-0.3, -0.25) is 4.68 Å². The third kappa shape index (κ3) is 6.36. The second-order valence-corrected chi connectivity index (χ2v) is 13.9. The number of ether oxygens (including phenoxy) is 1. The molecule has 8 nitrogen and oxygen atoms in total. The molecule has 6 rings (SSSR count). The first-order valence-electron chi connectivity index (χ1n) is 15.3. The van der Waals surface area contributed by atoms with Crippen molar-refractivity contribution >= 4 is 57.2 Å². The number of halogens is 1. The zero-order valence-electron chi connectivity index (χ0n) is 26.4. The van der Waals surface area contributed by atoms with Gasteiger partial charge in [-0.15, -0.1) is 23.5 Å². The number of aromatic carboxylic acids is 1. The maximum atomic E-state index is 15.5. The third-order valence-corrected chi connectivity index (χ3v) is 10.3. The minimum absolute atomic E-state index is 0.148. The number of hydrogen-bond donors (Lipinski definition) is 2. The molecule has 0 amide bonds. The van der Waals surface area contributed by atoms with Gasteiger partial charge in [0.05, 0.1) is 17.8 Å². The first-order chi connectivity index (χ1) is 22.1. The summed E-state index contributed by atoms with van der Waals surface area (Å²) in [5.41, 5.74) is 4.47. The Morgan fingerprint density at radius 1 is 1.11 bits per heavy atom. The highest BCUT2D eigenvalue weighted by Crippen LogP contribution is 2.36. The fraction of sp³-hybridized carbons (Fsp3) is 0.314. The Bertz CT molecular complexity index is 1960. The van der Waals surface area contributed by atoms with Crippen LogP contribution in [0.15, 0.2) is 65.2 Å². The van der Waals surface area contributed by atoms with E-state index in [0.29, 0.717) is 58.7 Å². The van der Waals surface area contributed by atoms with Crippen LogP contribution < -0.4 is 10.6 Å². The molecular formula is C35H38FN5O3S2. The predicted octanol–water partition coefficient (Wildman–Crippen LogP) is 7.64. The van der Waals surface area contributed by atoms with Crippen LogP contribution in [0.1, 0.15) is 59.3 Å². The number of carboxylic acid groups (broad SMARTS) is 1. The molecule has 0 saturated heterocycles. The number of hydrogen-bond acceptors (Lipinski definition) is 7. The number of fused-ring (bicyclic) bond motifs is 6. The van der Waals surface area contributed by atoms with E-state index in [1.165, 1.54) is 11.1 Å². The largest absolute Gasteiger partial charge is 0.493 e. The zero-order valence-corrected chi connectivity index (χ0v) is 28.1. The summed E-state index contributed by atoms with van der Waals surface area (Å²) >= 11 is 3.40. The van der Waals surface area contributed by atoms with Gasteiger partial charge in [0.25, 0.3) is 0 Å². The number of carboxylic acids is 1. The van der Waals surface area contributed by atoms with Crippen molar-refractivity contribution in [2.75, 3.05) is 19.4 Å². The van der Waals surface area contributed by atoms with E-state index >= 15 is 4.39 Å². The van der Waals surface area contributed by atoms with Gasteiger partial charge in [-0.1, -0.05) is 24.3 Å². The summed E-state index contributed by atoms with van der Waals surface area (Å²) in [5.74, 6) is 7.47. The molecule has 3 aromatic carbocycles. The number of carbonyl (C=O) groups is 1. The van der Waals surface area contributed by atoms with Crippen molar-refractivity contribution in [3.05, 3.63) is 94.3 Å². The Morgan fingerprint density at radius 3 is 2.67 bits per heavy atom. The molecule has 1 aliphatic heterocycles. The molecule has 0 aliphatic carbocycles. The van der Waals surface area contributed by atoms with Crippen molar-refractivity contribution in [1.82, 2.24) is 19.4 Å². The molecule has 46 heavy (non-hydrogen) atoms. The van der Waals surface area contributed by atoms with Crippen LogP contribution in [0, 0.1) is 5.82 Å². The van der Waals surface area contributed by atoms with Crippen molar-refractivity contribution < 1.29 is 19.0 Å². The maximum Gasteiger partial charge on any atom is 0.352 e. The highest BCUT2D eigenvalue weighted by molar-refractivity contribution is 7.98. The molecule has 11 heteroatoms. The lowest BCUT2D eigenvalue weighted by atomic mass is 10.0. The minimum atomic E-state index is -1.05. The maximum absolute atomic E-state index is 15.5. The Kier molecular flexibility index (Phi) is 9.35. The van der Waals surface area contributed by atoms with Crippen LogP contribution in [-0.4, -0.2) is 49.8 Å². The Morgan fingerprint density at radius 2 is 1.91 bits per heavy atom. The molecule has 5 aromatic rings. The number of nitrogens with zero attached hydrogens (tertiary/aromatic N) is 4. The molecule has 0 radical (unpaired) electrons. The average Bonchev–Trinajstić information content (AvgIpc) is 3.56. The van der Waals surface area contributed by atoms with E-state index in [9.17, 15) is 9.90 Å². The first kappa shape index (κ1) is 32.0. The van der Waals surface area contributed by atoms with Crippen molar-refractivity contribution in [2.45, 2.75) is 49.1 Å². The highest BCUT2D eigenvalue weighted by Gasteiger charge is 2.24.